The Morgan fingerprint density at radius 2 is 1.97 bits per heavy atom. The van der Waals surface area contributed by atoms with Gasteiger partial charge in [0.25, 0.3) is 0 Å². The third-order valence-electron chi connectivity index (χ3n) is 4.39. The Kier molecular flexibility index (Phi) is 5.18. The Hall–Kier alpha value is -3.57. The minimum atomic E-state index is -0.756. The first kappa shape index (κ1) is 19.4. The summed E-state index contributed by atoms with van der Waals surface area (Å²) >= 11 is 2.78. The highest BCUT2D eigenvalue weighted by Crippen LogP contribution is 2.35. The summed E-state index contributed by atoms with van der Waals surface area (Å²) in [5.41, 5.74) is 1.97. The second kappa shape index (κ2) is 8.28. The monoisotopic (exact) mass is 453 g/mol. The average Bonchev–Trinajstić information content (AvgIpc) is 3.48. The number of hydrogen-bond donors (Lipinski definition) is 3. The van der Waals surface area contributed by atoms with Crippen LogP contribution in [0.25, 0.3) is 22.4 Å². The molecule has 0 aliphatic rings. The lowest BCUT2D eigenvalue weighted by molar-refractivity contribution is 0.593. The topological polar surface area (TPSA) is 91.4 Å². The van der Waals surface area contributed by atoms with E-state index in [2.05, 4.69) is 35.0 Å². The fraction of sp³-hybridized carbons (Fsp3) is 0. The van der Waals surface area contributed by atoms with Crippen LogP contribution in [-0.4, -0.2) is 24.9 Å². The van der Waals surface area contributed by atoms with Gasteiger partial charge in [0.05, 0.1) is 12.0 Å². The Morgan fingerprint density at radius 3 is 2.84 bits per heavy atom. The number of nitrogens with zero attached hydrogens (tertiary/aromatic N) is 4. The maximum Gasteiger partial charge on any atom is 0.181 e. The molecule has 5 aromatic rings. The van der Waals surface area contributed by atoms with E-state index < -0.39 is 11.6 Å². The van der Waals surface area contributed by atoms with Crippen molar-refractivity contribution in [1.82, 2.24) is 24.9 Å². The van der Waals surface area contributed by atoms with Gasteiger partial charge in [0.1, 0.15) is 34.9 Å². The minimum Gasteiger partial charge on any atom is -0.341 e. The number of halogens is 2. The van der Waals surface area contributed by atoms with Crippen molar-refractivity contribution in [2.75, 3.05) is 10.0 Å². The minimum absolute atomic E-state index is 0.149. The number of H-pyrrole nitrogens is 1. The van der Waals surface area contributed by atoms with Crippen LogP contribution in [0.2, 0.25) is 0 Å². The van der Waals surface area contributed by atoms with E-state index in [1.165, 1.54) is 54.3 Å². The number of aromatic nitrogens is 5. The summed E-state index contributed by atoms with van der Waals surface area (Å²) in [6, 6.07) is 7.92. The van der Waals surface area contributed by atoms with Crippen LogP contribution in [0.15, 0.2) is 64.8 Å². The first-order chi connectivity index (χ1) is 15.2. The third kappa shape index (κ3) is 3.80. The van der Waals surface area contributed by atoms with Crippen LogP contribution in [0, 0.1) is 11.6 Å². The smallest absolute Gasteiger partial charge is 0.181 e. The van der Waals surface area contributed by atoms with E-state index in [1.807, 2.05) is 16.8 Å². The summed E-state index contributed by atoms with van der Waals surface area (Å²) < 4.78 is 32.6. The normalized spacial score (nSPS) is 11.0. The van der Waals surface area contributed by atoms with Crippen molar-refractivity contribution in [3.05, 3.63) is 71.6 Å². The van der Waals surface area contributed by atoms with Gasteiger partial charge in [-0.15, -0.1) is 0 Å². The molecular formula is C20H13F2N7S2. The molecule has 0 atom stereocenters. The van der Waals surface area contributed by atoms with Crippen molar-refractivity contribution in [2.24, 2.45) is 0 Å². The number of aromatic amines is 1. The van der Waals surface area contributed by atoms with Crippen LogP contribution < -0.4 is 10.0 Å². The molecule has 4 heterocycles. The Balaban J connectivity index is 1.51. The molecule has 5 rings (SSSR count). The van der Waals surface area contributed by atoms with E-state index in [4.69, 9.17) is 0 Å². The van der Waals surface area contributed by atoms with E-state index in [9.17, 15) is 4.39 Å². The summed E-state index contributed by atoms with van der Waals surface area (Å²) in [7, 11) is 0. The van der Waals surface area contributed by atoms with E-state index in [0.29, 0.717) is 22.4 Å². The van der Waals surface area contributed by atoms with Gasteiger partial charge < -0.3 is 15.0 Å². The van der Waals surface area contributed by atoms with Crippen molar-refractivity contribution < 1.29 is 8.78 Å². The zero-order valence-corrected chi connectivity index (χ0v) is 17.3. The lowest BCUT2D eigenvalue weighted by atomic mass is 10.1. The van der Waals surface area contributed by atoms with E-state index >= 15 is 4.39 Å². The molecule has 0 amide bonds. The van der Waals surface area contributed by atoms with Gasteiger partial charge in [-0.05, 0) is 47.7 Å². The van der Waals surface area contributed by atoms with Crippen molar-refractivity contribution in [3.8, 4) is 11.3 Å². The molecule has 154 valence electrons. The molecule has 3 N–H and O–H groups in total. The molecule has 0 bridgehead atoms. The van der Waals surface area contributed by atoms with Gasteiger partial charge in [-0.25, -0.2) is 28.7 Å². The summed E-state index contributed by atoms with van der Waals surface area (Å²) in [6.45, 7) is 0. The first-order valence-electron chi connectivity index (χ1n) is 9.00. The van der Waals surface area contributed by atoms with Crippen LogP contribution in [0.3, 0.4) is 0 Å². The lowest BCUT2D eigenvalue weighted by Crippen LogP contribution is -2.04. The summed E-state index contributed by atoms with van der Waals surface area (Å²) in [5, 5.41) is 6.64. The van der Waals surface area contributed by atoms with Gasteiger partial charge in [0.2, 0.25) is 0 Å². The van der Waals surface area contributed by atoms with E-state index in [1.54, 1.807) is 12.1 Å². The third-order valence-corrected chi connectivity index (χ3v) is 6.04. The number of rotatable bonds is 6. The highest BCUT2D eigenvalue weighted by atomic mass is 32.2. The molecule has 0 aliphatic carbocycles. The summed E-state index contributed by atoms with van der Waals surface area (Å²) in [5.74, 6) is -1.25. The Labute approximate surface area is 183 Å². The van der Waals surface area contributed by atoms with E-state index in [-0.39, 0.29) is 17.2 Å². The fourth-order valence-corrected chi connectivity index (χ4v) is 4.44. The van der Waals surface area contributed by atoms with Crippen LogP contribution in [0.5, 0.6) is 0 Å². The quantitative estimate of drug-likeness (QED) is 0.288. The molecule has 11 heteroatoms. The van der Waals surface area contributed by atoms with Crippen molar-refractivity contribution in [1.29, 1.82) is 0 Å². The molecular weight excluding hydrogens is 440 g/mol. The van der Waals surface area contributed by atoms with Gasteiger partial charge >= 0.3 is 0 Å². The molecule has 0 spiro atoms. The molecule has 31 heavy (non-hydrogen) atoms. The largest absolute Gasteiger partial charge is 0.341 e. The zero-order valence-electron chi connectivity index (χ0n) is 15.6. The van der Waals surface area contributed by atoms with Crippen LogP contribution in [0.1, 0.15) is 0 Å². The summed E-state index contributed by atoms with van der Waals surface area (Å²) in [4.78, 5) is 20.7. The molecule has 1 aromatic carbocycles. The predicted molar refractivity (Wildman–Crippen MR) is 118 cm³/mol. The van der Waals surface area contributed by atoms with Gasteiger partial charge in [-0.1, -0.05) is 0 Å². The number of thiophene rings is 1. The maximum atomic E-state index is 15.1. The number of pyridine rings is 1. The van der Waals surface area contributed by atoms with Gasteiger partial charge in [-0.3, -0.25) is 0 Å². The number of anilines is 3. The van der Waals surface area contributed by atoms with E-state index in [0.717, 1.165) is 4.90 Å². The molecule has 0 saturated heterocycles. The van der Waals surface area contributed by atoms with Crippen LogP contribution in [-0.2, 0) is 0 Å². The molecule has 0 aliphatic heterocycles. The molecule has 4 aromatic heterocycles. The number of nitrogens with one attached hydrogen (secondary N) is 3. The highest BCUT2D eigenvalue weighted by Gasteiger charge is 2.18. The Bertz CT molecular complexity index is 1360. The van der Waals surface area contributed by atoms with Crippen LogP contribution >= 0.6 is 23.3 Å². The lowest BCUT2D eigenvalue weighted by Gasteiger charge is -2.14. The summed E-state index contributed by atoms with van der Waals surface area (Å²) in [6.07, 6.45) is 4.41. The molecule has 0 fully saturated rings. The van der Waals surface area contributed by atoms with Crippen molar-refractivity contribution >= 4 is 51.6 Å². The fourth-order valence-electron chi connectivity index (χ4n) is 2.95. The highest BCUT2D eigenvalue weighted by molar-refractivity contribution is 8.00. The molecule has 0 saturated carbocycles. The molecule has 7 nitrogen and oxygen atoms in total. The second-order valence-electron chi connectivity index (χ2n) is 6.30. The number of hydrogen-bond acceptors (Lipinski definition) is 8. The van der Waals surface area contributed by atoms with Crippen molar-refractivity contribution in [2.45, 2.75) is 4.90 Å². The standard InChI is InChI=1S/C20H13F2N7S2/c21-13-3-4-14(29-31-11-5-7-30-8-11)15(22)17(13)28-19-12(2-1-6-23-19)16-18-20(26-9-24-16)27-10-25-18/h1-10,29H,(H,23,28)(H,24,25,26,27). The zero-order chi connectivity index (χ0) is 21.2. The van der Waals surface area contributed by atoms with Gasteiger partial charge in [-0.2, -0.15) is 11.3 Å². The number of benzene rings is 1. The number of imidazole rings is 1. The Morgan fingerprint density at radius 1 is 1.03 bits per heavy atom. The molecule has 0 unspecified atom stereocenters. The second-order valence-corrected chi connectivity index (χ2v) is 7.95. The van der Waals surface area contributed by atoms with Gasteiger partial charge in [0, 0.05) is 22.0 Å². The SMILES string of the molecule is Fc1ccc(NSc2ccsc2)c(F)c1Nc1ncccc1-c1ncnc2nc[nH]c12. The predicted octanol–water partition coefficient (Wildman–Crippen LogP) is 5.62. The maximum absolute atomic E-state index is 15.1. The molecule has 0 radical (unpaired) electrons. The average molecular weight is 454 g/mol. The number of fused-ring (bicyclic) bond motifs is 1. The van der Waals surface area contributed by atoms with Crippen molar-refractivity contribution in [3.63, 3.8) is 0 Å². The van der Waals surface area contributed by atoms with Gasteiger partial charge in [0.15, 0.2) is 11.5 Å². The van der Waals surface area contributed by atoms with Crippen LogP contribution in [0.4, 0.5) is 26.0 Å². The first-order valence-corrected chi connectivity index (χ1v) is 10.8.